The molecule has 3 heteroatoms. The summed E-state index contributed by atoms with van der Waals surface area (Å²) in [5.41, 5.74) is -0.296. The SMILES string of the molecule is CCCCC(=O)C1C(=O)N(C(C)C)C1(C)C. The molecule has 0 bridgehead atoms. The van der Waals surface area contributed by atoms with Crippen molar-refractivity contribution in [1.29, 1.82) is 0 Å². The number of carbonyl (C=O) groups is 2. The van der Waals surface area contributed by atoms with Crippen LogP contribution in [0.4, 0.5) is 0 Å². The third kappa shape index (κ3) is 2.00. The van der Waals surface area contributed by atoms with E-state index in [1.807, 2.05) is 32.6 Å². The molecule has 1 heterocycles. The van der Waals surface area contributed by atoms with Crippen molar-refractivity contribution in [1.82, 2.24) is 4.90 Å². The molecule has 1 fully saturated rings. The molecule has 16 heavy (non-hydrogen) atoms. The van der Waals surface area contributed by atoms with E-state index in [1.165, 1.54) is 0 Å². The first-order valence-corrected chi connectivity index (χ1v) is 6.20. The highest BCUT2D eigenvalue weighted by Gasteiger charge is 2.57. The van der Waals surface area contributed by atoms with Gasteiger partial charge in [-0.2, -0.15) is 0 Å². The second-order valence-corrected chi connectivity index (χ2v) is 5.46. The minimum absolute atomic E-state index is 0.0149. The number of β-lactam (4-membered cyclic amide) rings is 1. The van der Waals surface area contributed by atoms with E-state index in [2.05, 4.69) is 6.92 Å². The Balaban J connectivity index is 2.71. The second kappa shape index (κ2) is 4.56. The topological polar surface area (TPSA) is 37.4 Å². The van der Waals surface area contributed by atoms with Crippen LogP contribution in [0.2, 0.25) is 0 Å². The molecule has 0 aliphatic carbocycles. The number of ketones is 1. The third-order valence-corrected chi connectivity index (χ3v) is 3.43. The summed E-state index contributed by atoms with van der Waals surface area (Å²) in [6.45, 7) is 10.0. The summed E-state index contributed by atoms with van der Waals surface area (Å²) in [6, 6.07) is 0.178. The van der Waals surface area contributed by atoms with Crippen LogP contribution in [0.5, 0.6) is 0 Å². The van der Waals surface area contributed by atoms with E-state index in [1.54, 1.807) is 0 Å². The van der Waals surface area contributed by atoms with Gasteiger partial charge in [0, 0.05) is 12.5 Å². The molecule has 1 atom stereocenters. The van der Waals surface area contributed by atoms with E-state index in [4.69, 9.17) is 0 Å². The maximum absolute atomic E-state index is 11.9. The number of Topliss-reactive ketones (excluding diaryl/α,β-unsaturated/α-hetero) is 1. The monoisotopic (exact) mass is 225 g/mol. The highest BCUT2D eigenvalue weighted by molar-refractivity contribution is 6.07. The van der Waals surface area contributed by atoms with Gasteiger partial charge in [-0.1, -0.05) is 13.3 Å². The summed E-state index contributed by atoms with van der Waals surface area (Å²) in [5.74, 6) is -0.267. The maximum atomic E-state index is 11.9. The standard InChI is InChI=1S/C13H23NO2/c1-6-7-8-10(15)11-12(16)14(9(2)3)13(11,4)5/h9,11H,6-8H2,1-5H3. The van der Waals surface area contributed by atoms with Gasteiger partial charge in [-0.25, -0.2) is 0 Å². The van der Waals surface area contributed by atoms with E-state index >= 15 is 0 Å². The zero-order valence-electron chi connectivity index (χ0n) is 11.0. The average molecular weight is 225 g/mol. The normalized spacial score (nSPS) is 23.5. The number of hydrogen-bond donors (Lipinski definition) is 0. The molecule has 1 saturated heterocycles. The Morgan fingerprint density at radius 3 is 2.38 bits per heavy atom. The van der Waals surface area contributed by atoms with Gasteiger partial charge in [-0.15, -0.1) is 0 Å². The van der Waals surface area contributed by atoms with E-state index in [-0.39, 0.29) is 23.3 Å². The molecular weight excluding hydrogens is 202 g/mol. The summed E-state index contributed by atoms with van der Waals surface area (Å²) in [7, 11) is 0. The van der Waals surface area contributed by atoms with Gasteiger partial charge in [0.25, 0.3) is 0 Å². The number of nitrogens with zero attached hydrogens (tertiary/aromatic N) is 1. The molecule has 1 aliphatic rings. The largest absolute Gasteiger partial charge is 0.333 e. The van der Waals surface area contributed by atoms with Crippen LogP contribution >= 0.6 is 0 Å². The molecule has 1 aliphatic heterocycles. The summed E-state index contributed by atoms with van der Waals surface area (Å²) in [5, 5.41) is 0. The molecule has 0 aromatic rings. The fourth-order valence-electron chi connectivity index (χ4n) is 2.75. The molecule has 0 aromatic carbocycles. The van der Waals surface area contributed by atoms with Crippen LogP contribution < -0.4 is 0 Å². The Hall–Kier alpha value is -0.860. The zero-order chi connectivity index (χ0) is 12.5. The molecule has 1 amide bonds. The van der Waals surface area contributed by atoms with Crippen molar-refractivity contribution in [3.63, 3.8) is 0 Å². The molecule has 92 valence electrons. The summed E-state index contributed by atoms with van der Waals surface area (Å²) in [4.78, 5) is 25.7. The highest BCUT2D eigenvalue weighted by Crippen LogP contribution is 2.40. The lowest BCUT2D eigenvalue weighted by molar-refractivity contribution is -0.175. The van der Waals surface area contributed by atoms with E-state index < -0.39 is 5.92 Å². The molecule has 0 spiro atoms. The Morgan fingerprint density at radius 1 is 1.44 bits per heavy atom. The lowest BCUT2D eigenvalue weighted by Crippen LogP contribution is -2.71. The smallest absolute Gasteiger partial charge is 0.236 e. The van der Waals surface area contributed by atoms with Crippen LogP contribution in [-0.4, -0.2) is 28.2 Å². The van der Waals surface area contributed by atoms with Crippen molar-refractivity contribution in [3.8, 4) is 0 Å². The van der Waals surface area contributed by atoms with Gasteiger partial charge >= 0.3 is 0 Å². The van der Waals surface area contributed by atoms with Crippen molar-refractivity contribution >= 4 is 11.7 Å². The van der Waals surface area contributed by atoms with Gasteiger partial charge in [0.15, 0.2) is 0 Å². The fourth-order valence-corrected chi connectivity index (χ4v) is 2.75. The first-order valence-electron chi connectivity index (χ1n) is 6.20. The van der Waals surface area contributed by atoms with Crippen molar-refractivity contribution in [2.75, 3.05) is 0 Å². The van der Waals surface area contributed by atoms with Crippen LogP contribution in [0.15, 0.2) is 0 Å². The predicted octanol–water partition coefficient (Wildman–Crippen LogP) is 2.39. The molecule has 0 N–H and O–H groups in total. The average Bonchev–Trinajstić information content (AvgIpc) is 2.12. The predicted molar refractivity (Wildman–Crippen MR) is 64.1 cm³/mol. The molecule has 0 radical (unpaired) electrons. The van der Waals surface area contributed by atoms with Gasteiger partial charge in [-0.05, 0) is 34.1 Å². The van der Waals surface area contributed by atoms with Crippen LogP contribution in [0.1, 0.15) is 53.9 Å². The van der Waals surface area contributed by atoms with Crippen molar-refractivity contribution < 1.29 is 9.59 Å². The van der Waals surface area contributed by atoms with Gasteiger partial charge in [0.1, 0.15) is 11.7 Å². The lowest BCUT2D eigenvalue weighted by Gasteiger charge is -2.55. The number of likely N-dealkylation sites (tertiary alicyclic amines) is 1. The van der Waals surface area contributed by atoms with Crippen molar-refractivity contribution in [2.24, 2.45) is 5.92 Å². The van der Waals surface area contributed by atoms with Crippen molar-refractivity contribution in [2.45, 2.75) is 65.5 Å². The van der Waals surface area contributed by atoms with E-state index in [0.717, 1.165) is 12.8 Å². The third-order valence-electron chi connectivity index (χ3n) is 3.43. The molecule has 1 unspecified atom stereocenters. The lowest BCUT2D eigenvalue weighted by atomic mass is 9.71. The molecular formula is C13H23NO2. The summed E-state index contributed by atoms with van der Waals surface area (Å²) < 4.78 is 0. The van der Waals surface area contributed by atoms with E-state index in [0.29, 0.717) is 6.42 Å². The van der Waals surface area contributed by atoms with Crippen LogP contribution in [-0.2, 0) is 9.59 Å². The summed E-state index contributed by atoms with van der Waals surface area (Å²) >= 11 is 0. The van der Waals surface area contributed by atoms with Crippen LogP contribution in [0, 0.1) is 5.92 Å². The van der Waals surface area contributed by atoms with Crippen molar-refractivity contribution in [3.05, 3.63) is 0 Å². The number of hydrogen-bond acceptors (Lipinski definition) is 2. The molecule has 1 rings (SSSR count). The zero-order valence-corrected chi connectivity index (χ0v) is 11.0. The van der Waals surface area contributed by atoms with Crippen LogP contribution in [0.25, 0.3) is 0 Å². The fraction of sp³-hybridized carbons (Fsp3) is 0.846. The molecule has 0 aromatic heterocycles. The maximum Gasteiger partial charge on any atom is 0.236 e. The summed E-state index contributed by atoms with van der Waals surface area (Å²) in [6.07, 6.45) is 2.43. The van der Waals surface area contributed by atoms with E-state index in [9.17, 15) is 9.59 Å². The number of rotatable bonds is 5. The Kier molecular flexibility index (Phi) is 3.76. The second-order valence-electron chi connectivity index (χ2n) is 5.46. The first kappa shape index (κ1) is 13.2. The number of unbranched alkanes of at least 4 members (excludes halogenated alkanes) is 1. The minimum Gasteiger partial charge on any atom is -0.333 e. The quantitative estimate of drug-likeness (QED) is 0.532. The minimum atomic E-state index is -0.401. The number of carbonyl (C=O) groups excluding carboxylic acids is 2. The first-order chi connectivity index (χ1) is 7.34. The Labute approximate surface area is 98.2 Å². The van der Waals surface area contributed by atoms with Gasteiger partial charge in [0.2, 0.25) is 5.91 Å². The van der Waals surface area contributed by atoms with Gasteiger partial charge < -0.3 is 4.90 Å². The van der Waals surface area contributed by atoms with Crippen LogP contribution in [0.3, 0.4) is 0 Å². The van der Waals surface area contributed by atoms with Gasteiger partial charge in [-0.3, -0.25) is 9.59 Å². The Morgan fingerprint density at radius 2 is 2.00 bits per heavy atom. The molecule has 0 saturated carbocycles. The number of amides is 1. The highest BCUT2D eigenvalue weighted by atomic mass is 16.2. The Bertz CT molecular complexity index is 294. The molecule has 3 nitrogen and oxygen atoms in total. The van der Waals surface area contributed by atoms with Gasteiger partial charge in [0.05, 0.1) is 5.54 Å².